The molecular formula is C25H28N4. The number of benzene rings is 2. The van der Waals surface area contributed by atoms with E-state index in [2.05, 4.69) is 73.3 Å². The molecule has 0 bridgehead atoms. The number of hydrogen-bond acceptors (Lipinski definition) is 2. The van der Waals surface area contributed by atoms with Gasteiger partial charge in [0, 0.05) is 17.1 Å². The van der Waals surface area contributed by atoms with Crippen LogP contribution in [0, 0.1) is 6.92 Å². The van der Waals surface area contributed by atoms with E-state index in [1.54, 1.807) is 0 Å². The molecule has 1 saturated carbocycles. The Bertz CT molecular complexity index is 1140. The van der Waals surface area contributed by atoms with E-state index in [0.717, 1.165) is 18.7 Å². The molecule has 0 atom stereocenters. The van der Waals surface area contributed by atoms with E-state index in [1.165, 1.54) is 59.0 Å². The smallest absolute Gasteiger partial charge is 0.0924 e. The van der Waals surface area contributed by atoms with Crippen LogP contribution >= 0.6 is 0 Å². The molecule has 0 N–H and O–H groups in total. The maximum atomic E-state index is 4.99. The second-order valence-corrected chi connectivity index (χ2v) is 8.24. The molecule has 148 valence electrons. The van der Waals surface area contributed by atoms with Crippen LogP contribution in [0.1, 0.15) is 55.5 Å². The van der Waals surface area contributed by atoms with Gasteiger partial charge in [0.1, 0.15) is 0 Å². The Morgan fingerprint density at radius 1 is 1.00 bits per heavy atom. The standard InChI is InChI=1S/C25H28N4/c1-3-23-22-13-12-19(16-25(22)29(27-23)21-10-6-7-11-21)24-14-15-28(26-24)17-20-9-5-4-8-18(20)2/h4-5,8-9,12-16,21H,3,6-7,10-11,17H2,1-2H3. The largest absolute Gasteiger partial charge is 0.268 e. The summed E-state index contributed by atoms with van der Waals surface area (Å²) in [5, 5.41) is 11.1. The normalized spacial score (nSPS) is 14.8. The van der Waals surface area contributed by atoms with E-state index in [-0.39, 0.29) is 0 Å². The average Bonchev–Trinajstić information content (AvgIpc) is 3.48. The predicted octanol–water partition coefficient (Wildman–Crippen LogP) is 5.93. The zero-order chi connectivity index (χ0) is 19.8. The van der Waals surface area contributed by atoms with E-state index >= 15 is 0 Å². The monoisotopic (exact) mass is 384 g/mol. The summed E-state index contributed by atoms with van der Waals surface area (Å²) in [6, 6.07) is 17.9. The fraction of sp³-hybridized carbons (Fsp3) is 0.360. The van der Waals surface area contributed by atoms with Gasteiger partial charge in [-0.2, -0.15) is 10.2 Å². The Morgan fingerprint density at radius 3 is 2.62 bits per heavy atom. The summed E-state index contributed by atoms with van der Waals surface area (Å²) >= 11 is 0. The Kier molecular flexibility index (Phi) is 4.70. The van der Waals surface area contributed by atoms with Crippen molar-refractivity contribution in [2.75, 3.05) is 0 Å². The van der Waals surface area contributed by atoms with Crippen LogP contribution in [-0.2, 0) is 13.0 Å². The van der Waals surface area contributed by atoms with Crippen LogP contribution in [0.3, 0.4) is 0 Å². The lowest BCUT2D eigenvalue weighted by Gasteiger charge is -2.11. The summed E-state index contributed by atoms with van der Waals surface area (Å²) in [5.41, 5.74) is 7.28. The van der Waals surface area contributed by atoms with Crippen molar-refractivity contribution in [3.05, 3.63) is 71.5 Å². The molecule has 0 unspecified atom stereocenters. The minimum absolute atomic E-state index is 0.548. The Hall–Kier alpha value is -2.88. The van der Waals surface area contributed by atoms with Crippen LogP contribution in [0.4, 0.5) is 0 Å². The molecule has 29 heavy (non-hydrogen) atoms. The first-order valence-electron chi connectivity index (χ1n) is 10.8. The molecule has 1 aliphatic carbocycles. The molecule has 2 heterocycles. The average molecular weight is 385 g/mol. The number of hydrogen-bond donors (Lipinski definition) is 0. The topological polar surface area (TPSA) is 35.6 Å². The number of aromatic nitrogens is 4. The lowest BCUT2D eigenvalue weighted by molar-refractivity contribution is 0.478. The van der Waals surface area contributed by atoms with E-state index in [4.69, 9.17) is 10.2 Å². The second-order valence-electron chi connectivity index (χ2n) is 8.24. The van der Waals surface area contributed by atoms with Crippen LogP contribution in [0.2, 0.25) is 0 Å². The second kappa shape index (κ2) is 7.51. The fourth-order valence-electron chi connectivity index (χ4n) is 4.62. The quantitative estimate of drug-likeness (QED) is 0.427. The van der Waals surface area contributed by atoms with Gasteiger partial charge in [0.2, 0.25) is 0 Å². The molecule has 1 aliphatic rings. The number of nitrogens with zero attached hydrogens (tertiary/aromatic N) is 4. The zero-order valence-corrected chi connectivity index (χ0v) is 17.3. The third kappa shape index (κ3) is 3.37. The summed E-state index contributed by atoms with van der Waals surface area (Å²) < 4.78 is 4.34. The number of rotatable bonds is 5. The van der Waals surface area contributed by atoms with Crippen LogP contribution in [-0.4, -0.2) is 19.6 Å². The fourth-order valence-corrected chi connectivity index (χ4v) is 4.62. The molecule has 2 aromatic carbocycles. The Balaban J connectivity index is 1.50. The lowest BCUT2D eigenvalue weighted by atomic mass is 10.1. The first kappa shape index (κ1) is 18.2. The van der Waals surface area contributed by atoms with Crippen LogP contribution < -0.4 is 0 Å². The summed E-state index contributed by atoms with van der Waals surface area (Å²) in [7, 11) is 0. The van der Waals surface area contributed by atoms with Crippen molar-refractivity contribution in [3.8, 4) is 11.3 Å². The van der Waals surface area contributed by atoms with Gasteiger partial charge in [-0.25, -0.2) is 0 Å². The highest BCUT2D eigenvalue weighted by Gasteiger charge is 2.21. The van der Waals surface area contributed by atoms with Gasteiger partial charge >= 0.3 is 0 Å². The first-order chi connectivity index (χ1) is 14.2. The molecule has 4 aromatic rings. The van der Waals surface area contributed by atoms with Gasteiger partial charge in [0.05, 0.1) is 29.5 Å². The van der Waals surface area contributed by atoms with Crippen molar-refractivity contribution >= 4 is 10.9 Å². The molecule has 0 saturated heterocycles. The van der Waals surface area contributed by atoms with Crippen molar-refractivity contribution in [2.24, 2.45) is 0 Å². The van der Waals surface area contributed by atoms with E-state index in [1.807, 2.05) is 4.68 Å². The summed E-state index contributed by atoms with van der Waals surface area (Å²) in [4.78, 5) is 0. The van der Waals surface area contributed by atoms with Crippen molar-refractivity contribution in [3.63, 3.8) is 0 Å². The van der Waals surface area contributed by atoms with Gasteiger partial charge in [-0.1, -0.05) is 56.2 Å². The van der Waals surface area contributed by atoms with Crippen molar-refractivity contribution in [1.82, 2.24) is 19.6 Å². The van der Waals surface area contributed by atoms with Gasteiger partial charge in [-0.05, 0) is 49.4 Å². The lowest BCUT2D eigenvalue weighted by Crippen LogP contribution is -2.06. The highest BCUT2D eigenvalue weighted by molar-refractivity contribution is 5.86. The number of aryl methyl sites for hydroxylation is 2. The molecule has 0 radical (unpaired) electrons. The minimum Gasteiger partial charge on any atom is -0.268 e. The van der Waals surface area contributed by atoms with Gasteiger partial charge < -0.3 is 0 Å². The van der Waals surface area contributed by atoms with Crippen LogP contribution in [0.5, 0.6) is 0 Å². The van der Waals surface area contributed by atoms with E-state index in [9.17, 15) is 0 Å². The molecule has 0 spiro atoms. The van der Waals surface area contributed by atoms with Gasteiger partial charge in [0.15, 0.2) is 0 Å². The number of fused-ring (bicyclic) bond motifs is 1. The van der Waals surface area contributed by atoms with Crippen LogP contribution in [0.25, 0.3) is 22.2 Å². The van der Waals surface area contributed by atoms with E-state index < -0.39 is 0 Å². The molecule has 1 fully saturated rings. The Labute approximate surface area is 172 Å². The maximum absolute atomic E-state index is 4.99. The third-order valence-corrected chi connectivity index (χ3v) is 6.32. The SMILES string of the molecule is CCc1nn(C2CCCC2)c2cc(-c3ccn(Cc4ccccc4C)n3)ccc12. The zero-order valence-electron chi connectivity index (χ0n) is 17.3. The molecule has 0 amide bonds. The molecule has 4 heteroatoms. The van der Waals surface area contributed by atoms with Crippen LogP contribution in [0.15, 0.2) is 54.7 Å². The molecule has 2 aromatic heterocycles. The van der Waals surface area contributed by atoms with E-state index in [0.29, 0.717) is 6.04 Å². The molecule has 5 rings (SSSR count). The summed E-state index contributed by atoms with van der Waals surface area (Å²) in [6.07, 6.45) is 8.18. The predicted molar refractivity (Wildman–Crippen MR) is 118 cm³/mol. The highest BCUT2D eigenvalue weighted by Crippen LogP contribution is 2.34. The summed E-state index contributed by atoms with van der Waals surface area (Å²) in [6.45, 7) is 5.15. The molecule has 4 nitrogen and oxygen atoms in total. The molecule has 0 aliphatic heterocycles. The minimum atomic E-state index is 0.548. The molecular weight excluding hydrogens is 356 g/mol. The van der Waals surface area contributed by atoms with Crippen molar-refractivity contribution < 1.29 is 0 Å². The third-order valence-electron chi connectivity index (χ3n) is 6.32. The van der Waals surface area contributed by atoms with Crippen molar-refractivity contribution in [2.45, 2.75) is 58.5 Å². The first-order valence-corrected chi connectivity index (χ1v) is 10.8. The highest BCUT2D eigenvalue weighted by atomic mass is 15.3. The van der Waals surface area contributed by atoms with Gasteiger partial charge in [-0.15, -0.1) is 0 Å². The van der Waals surface area contributed by atoms with Gasteiger partial charge in [-0.3, -0.25) is 9.36 Å². The van der Waals surface area contributed by atoms with Gasteiger partial charge in [0.25, 0.3) is 0 Å². The Morgan fingerprint density at radius 2 is 1.83 bits per heavy atom. The maximum Gasteiger partial charge on any atom is 0.0924 e. The van der Waals surface area contributed by atoms with Crippen molar-refractivity contribution in [1.29, 1.82) is 0 Å². The summed E-state index contributed by atoms with van der Waals surface area (Å²) in [5.74, 6) is 0.